The van der Waals surface area contributed by atoms with Gasteiger partial charge in [0.25, 0.3) is 0 Å². The number of benzene rings is 3. The lowest BCUT2D eigenvalue weighted by Gasteiger charge is -2.14. The van der Waals surface area contributed by atoms with Gasteiger partial charge in [-0.3, -0.25) is 0 Å². The van der Waals surface area contributed by atoms with E-state index in [1.165, 1.54) is 16.9 Å². The van der Waals surface area contributed by atoms with Crippen LogP contribution in [0.4, 0.5) is 5.69 Å². The monoisotopic (exact) mass is 394 g/mol. The molecule has 0 saturated carbocycles. The van der Waals surface area contributed by atoms with Gasteiger partial charge in [-0.05, 0) is 48.5 Å². The lowest BCUT2D eigenvalue weighted by Crippen LogP contribution is -2.09. The lowest BCUT2D eigenvalue weighted by atomic mass is 10.2. The van der Waals surface area contributed by atoms with Crippen LogP contribution < -0.4 is 4.90 Å². The molecule has 1 N–H and O–H groups in total. The van der Waals surface area contributed by atoms with Gasteiger partial charge in [-0.2, -0.15) is 0 Å². The zero-order chi connectivity index (χ0) is 19.9. The molecular weight excluding hydrogens is 376 g/mol. The summed E-state index contributed by atoms with van der Waals surface area (Å²) in [7, 11) is 0.140. The molecule has 28 heavy (non-hydrogen) atoms. The second-order valence-corrected chi connectivity index (χ2v) is 8.47. The minimum absolute atomic E-state index is 0.0306. The van der Waals surface area contributed by atoms with Crippen molar-refractivity contribution in [3.63, 3.8) is 0 Å². The number of hydrogen-bond acceptors (Lipinski definition) is 6. The minimum Gasteiger partial charge on any atom is -0.506 e. The Labute approximate surface area is 162 Å². The average molecular weight is 394 g/mol. The highest BCUT2D eigenvalue weighted by molar-refractivity contribution is 7.91. The third-order valence-corrected chi connectivity index (χ3v) is 6.17. The number of aromatic hydroxyl groups is 1. The van der Waals surface area contributed by atoms with E-state index in [1.54, 1.807) is 54.6 Å². The Morgan fingerprint density at radius 1 is 0.857 bits per heavy atom. The van der Waals surface area contributed by atoms with Crippen LogP contribution in [-0.2, 0) is 9.84 Å². The van der Waals surface area contributed by atoms with Crippen LogP contribution in [0.1, 0.15) is 0 Å². The van der Waals surface area contributed by atoms with Crippen LogP contribution in [0.25, 0.3) is 16.7 Å². The van der Waals surface area contributed by atoms with Crippen molar-refractivity contribution in [2.24, 2.45) is 0 Å². The molecule has 0 bridgehead atoms. The zero-order valence-electron chi connectivity index (χ0n) is 15.3. The third-order valence-electron chi connectivity index (χ3n) is 4.41. The molecule has 8 heteroatoms. The van der Waals surface area contributed by atoms with Crippen molar-refractivity contribution in [2.45, 2.75) is 9.79 Å². The molecule has 7 nitrogen and oxygen atoms in total. The predicted octanol–water partition coefficient (Wildman–Crippen LogP) is 3.02. The Bertz CT molecular complexity index is 1270. The van der Waals surface area contributed by atoms with Crippen LogP contribution in [0.3, 0.4) is 0 Å². The number of rotatable bonds is 4. The maximum atomic E-state index is 12.8. The highest BCUT2D eigenvalue weighted by Crippen LogP contribution is 2.28. The number of nitrogens with zero attached hydrogens (tertiary/aromatic N) is 4. The first-order valence-electron chi connectivity index (χ1n) is 8.54. The van der Waals surface area contributed by atoms with E-state index in [2.05, 4.69) is 10.2 Å². The number of aromatic nitrogens is 3. The van der Waals surface area contributed by atoms with Gasteiger partial charge in [0.15, 0.2) is 0 Å². The summed E-state index contributed by atoms with van der Waals surface area (Å²) >= 11 is 0. The van der Waals surface area contributed by atoms with E-state index in [4.69, 9.17) is 0 Å². The van der Waals surface area contributed by atoms with Crippen molar-refractivity contribution in [2.75, 3.05) is 19.0 Å². The Morgan fingerprint density at radius 2 is 1.57 bits per heavy atom. The molecule has 4 aromatic rings. The van der Waals surface area contributed by atoms with Gasteiger partial charge in [0.2, 0.25) is 9.84 Å². The molecule has 0 amide bonds. The average Bonchev–Trinajstić information content (AvgIpc) is 3.12. The molecule has 0 aliphatic carbocycles. The molecular formula is C20H18N4O3S. The topological polar surface area (TPSA) is 88.3 Å². The Balaban J connectivity index is 1.81. The predicted molar refractivity (Wildman–Crippen MR) is 107 cm³/mol. The van der Waals surface area contributed by atoms with Crippen molar-refractivity contribution in [3.8, 4) is 11.4 Å². The quantitative estimate of drug-likeness (QED) is 0.572. The summed E-state index contributed by atoms with van der Waals surface area (Å²) in [4.78, 5) is 3.57. The fourth-order valence-corrected chi connectivity index (χ4v) is 4.16. The summed E-state index contributed by atoms with van der Waals surface area (Å²) in [6.07, 6.45) is 0. The standard InChI is InChI=1S/C20H18N4O3S/c1-23(2)14-8-11-20(25)19(12-14)24-21-17-10-9-16(13-18(17)22-24)28(26,27)15-6-4-3-5-7-15/h3-13,25H,1-2H3. The smallest absolute Gasteiger partial charge is 0.206 e. The molecule has 0 atom stereocenters. The van der Waals surface area contributed by atoms with Gasteiger partial charge in [0.1, 0.15) is 22.5 Å². The van der Waals surface area contributed by atoms with Crippen molar-refractivity contribution >= 4 is 26.6 Å². The van der Waals surface area contributed by atoms with Gasteiger partial charge >= 0.3 is 0 Å². The fraction of sp³-hybridized carbons (Fsp3) is 0.100. The number of phenolic OH excluding ortho intramolecular Hbond substituents is 1. The molecule has 0 fully saturated rings. The Morgan fingerprint density at radius 3 is 2.29 bits per heavy atom. The molecule has 3 aromatic carbocycles. The zero-order valence-corrected chi connectivity index (χ0v) is 16.1. The molecule has 142 valence electrons. The maximum Gasteiger partial charge on any atom is 0.206 e. The Hall–Kier alpha value is -3.39. The summed E-state index contributed by atoms with van der Waals surface area (Å²) in [5.41, 5.74) is 2.24. The molecule has 0 aliphatic heterocycles. The van der Waals surface area contributed by atoms with Crippen LogP contribution in [0.15, 0.2) is 76.5 Å². The number of fused-ring (bicyclic) bond motifs is 1. The van der Waals surface area contributed by atoms with E-state index in [0.717, 1.165) is 5.69 Å². The highest BCUT2D eigenvalue weighted by Gasteiger charge is 2.19. The summed E-state index contributed by atoms with van der Waals surface area (Å²) in [5.74, 6) is 0.0306. The first kappa shape index (κ1) is 18.0. The number of hydrogen-bond donors (Lipinski definition) is 1. The van der Waals surface area contributed by atoms with E-state index < -0.39 is 9.84 Å². The van der Waals surface area contributed by atoms with Gasteiger partial charge in [-0.1, -0.05) is 18.2 Å². The molecule has 0 unspecified atom stereocenters. The van der Waals surface area contributed by atoms with Gasteiger partial charge in [0, 0.05) is 19.8 Å². The molecule has 0 saturated heterocycles. The van der Waals surface area contributed by atoms with Crippen LogP contribution in [0.5, 0.6) is 5.75 Å². The van der Waals surface area contributed by atoms with E-state index in [0.29, 0.717) is 16.7 Å². The van der Waals surface area contributed by atoms with Crippen molar-refractivity contribution < 1.29 is 13.5 Å². The second kappa shape index (κ2) is 6.65. The van der Waals surface area contributed by atoms with Crippen molar-refractivity contribution in [3.05, 3.63) is 66.7 Å². The molecule has 0 aliphatic rings. The first-order valence-corrected chi connectivity index (χ1v) is 10.0. The van der Waals surface area contributed by atoms with Crippen LogP contribution >= 0.6 is 0 Å². The minimum atomic E-state index is -3.65. The normalized spacial score (nSPS) is 11.6. The van der Waals surface area contributed by atoms with Gasteiger partial charge in [0.05, 0.1) is 9.79 Å². The Kier molecular flexibility index (Phi) is 4.27. The summed E-state index contributed by atoms with van der Waals surface area (Å²) in [5, 5.41) is 19.0. The molecule has 0 radical (unpaired) electrons. The number of sulfone groups is 1. The van der Waals surface area contributed by atoms with E-state index in [-0.39, 0.29) is 15.5 Å². The fourth-order valence-electron chi connectivity index (χ4n) is 2.86. The summed E-state index contributed by atoms with van der Waals surface area (Å²) in [6, 6.07) is 18.0. The highest BCUT2D eigenvalue weighted by atomic mass is 32.2. The van der Waals surface area contributed by atoms with Gasteiger partial charge in [-0.25, -0.2) is 8.42 Å². The summed E-state index contributed by atoms with van der Waals surface area (Å²) < 4.78 is 25.7. The summed E-state index contributed by atoms with van der Waals surface area (Å²) in [6.45, 7) is 0. The largest absolute Gasteiger partial charge is 0.506 e. The first-order chi connectivity index (χ1) is 13.4. The molecule has 1 heterocycles. The van der Waals surface area contributed by atoms with Crippen LogP contribution in [0.2, 0.25) is 0 Å². The number of anilines is 1. The van der Waals surface area contributed by atoms with Gasteiger partial charge in [-0.15, -0.1) is 15.0 Å². The lowest BCUT2D eigenvalue weighted by molar-refractivity contribution is 0.468. The number of phenols is 1. The van der Waals surface area contributed by atoms with Crippen molar-refractivity contribution in [1.82, 2.24) is 15.0 Å². The van der Waals surface area contributed by atoms with Crippen LogP contribution in [0, 0.1) is 0 Å². The van der Waals surface area contributed by atoms with Gasteiger partial charge < -0.3 is 10.0 Å². The van der Waals surface area contributed by atoms with E-state index in [1.807, 2.05) is 19.0 Å². The van der Waals surface area contributed by atoms with Crippen LogP contribution in [-0.4, -0.2) is 42.6 Å². The van der Waals surface area contributed by atoms with E-state index >= 15 is 0 Å². The maximum absolute atomic E-state index is 12.8. The molecule has 0 spiro atoms. The van der Waals surface area contributed by atoms with Crippen molar-refractivity contribution in [1.29, 1.82) is 0 Å². The molecule has 1 aromatic heterocycles. The van der Waals surface area contributed by atoms with E-state index in [9.17, 15) is 13.5 Å². The molecule has 4 rings (SSSR count). The third kappa shape index (κ3) is 3.07. The second-order valence-electron chi connectivity index (χ2n) is 6.52. The SMILES string of the molecule is CN(C)c1ccc(O)c(-n2nc3ccc(S(=O)(=O)c4ccccc4)cc3n2)c1.